The zero-order valence-corrected chi connectivity index (χ0v) is 9.01. The van der Waals surface area contributed by atoms with Crippen LogP contribution in [0.3, 0.4) is 0 Å². The summed E-state index contributed by atoms with van der Waals surface area (Å²) in [7, 11) is 1.62. The third-order valence-corrected chi connectivity index (χ3v) is 2.55. The van der Waals surface area contributed by atoms with Gasteiger partial charge in [-0.2, -0.15) is 0 Å². The van der Waals surface area contributed by atoms with Gasteiger partial charge in [-0.3, -0.25) is 4.79 Å². The molecule has 0 bridgehead atoms. The molecule has 4 nitrogen and oxygen atoms in total. The molecule has 1 aromatic carbocycles. The van der Waals surface area contributed by atoms with Crippen LogP contribution in [0.2, 0.25) is 0 Å². The molecule has 1 N–H and O–H groups in total. The van der Waals surface area contributed by atoms with Gasteiger partial charge in [0.25, 0.3) is 0 Å². The van der Waals surface area contributed by atoms with Crippen LogP contribution in [0.4, 0.5) is 0 Å². The highest BCUT2D eigenvalue weighted by atomic mass is 16.5. The van der Waals surface area contributed by atoms with Crippen LogP contribution in [-0.2, 0) is 11.3 Å². The minimum atomic E-state index is -0.787. The number of aryl methyl sites for hydroxylation is 1. The van der Waals surface area contributed by atoms with E-state index in [9.17, 15) is 4.79 Å². The summed E-state index contributed by atoms with van der Waals surface area (Å²) in [5, 5.41) is 9.74. The lowest BCUT2D eigenvalue weighted by Gasteiger charge is -2.04. The maximum absolute atomic E-state index is 10.5. The van der Waals surface area contributed by atoms with Crippen LogP contribution in [-0.4, -0.2) is 22.8 Å². The number of carboxylic acids is 1. The Kier molecular flexibility index (Phi) is 2.81. The topological polar surface area (TPSA) is 51.5 Å². The minimum absolute atomic E-state index is 0.126. The van der Waals surface area contributed by atoms with Gasteiger partial charge in [0, 0.05) is 18.8 Å². The summed E-state index contributed by atoms with van der Waals surface area (Å²) in [5.74, 6) is -0.00692. The Labute approximate surface area is 93.1 Å². The number of aliphatic carboxylic acids is 1. The average molecular weight is 219 g/mol. The molecular weight excluding hydrogens is 206 g/mol. The van der Waals surface area contributed by atoms with Gasteiger partial charge in [-0.1, -0.05) is 0 Å². The summed E-state index contributed by atoms with van der Waals surface area (Å²) in [6, 6.07) is 7.74. The standard InChI is InChI=1S/C12H13NO3/c1-16-10-3-2-9-4-6-13(11(9)8-10)7-5-12(14)15/h2-4,6,8H,5,7H2,1H3,(H,14,15). The molecule has 0 aliphatic heterocycles. The number of hydrogen-bond acceptors (Lipinski definition) is 2. The van der Waals surface area contributed by atoms with E-state index in [0.29, 0.717) is 6.54 Å². The Morgan fingerprint density at radius 1 is 1.44 bits per heavy atom. The summed E-state index contributed by atoms with van der Waals surface area (Å²) >= 11 is 0. The van der Waals surface area contributed by atoms with Crippen LogP contribution in [0.15, 0.2) is 30.5 Å². The molecule has 84 valence electrons. The number of hydrogen-bond donors (Lipinski definition) is 1. The van der Waals surface area contributed by atoms with Crippen molar-refractivity contribution in [1.82, 2.24) is 4.57 Å². The number of methoxy groups -OCH3 is 1. The van der Waals surface area contributed by atoms with Crippen LogP contribution in [0.25, 0.3) is 10.9 Å². The van der Waals surface area contributed by atoms with Gasteiger partial charge in [0.05, 0.1) is 19.0 Å². The summed E-state index contributed by atoms with van der Waals surface area (Å²) < 4.78 is 7.07. The van der Waals surface area contributed by atoms with Crippen molar-refractivity contribution in [3.63, 3.8) is 0 Å². The highest BCUT2D eigenvalue weighted by Gasteiger charge is 2.04. The van der Waals surface area contributed by atoms with Gasteiger partial charge in [0.15, 0.2) is 0 Å². The first-order valence-electron chi connectivity index (χ1n) is 5.05. The zero-order valence-electron chi connectivity index (χ0n) is 9.01. The predicted molar refractivity (Wildman–Crippen MR) is 60.7 cm³/mol. The molecule has 1 heterocycles. The first-order valence-corrected chi connectivity index (χ1v) is 5.05. The lowest BCUT2D eigenvalue weighted by Crippen LogP contribution is -2.03. The van der Waals surface area contributed by atoms with Crippen molar-refractivity contribution in [3.8, 4) is 5.75 Å². The van der Waals surface area contributed by atoms with E-state index in [1.165, 1.54) is 0 Å². The van der Waals surface area contributed by atoms with E-state index in [0.717, 1.165) is 16.7 Å². The van der Waals surface area contributed by atoms with Crippen molar-refractivity contribution < 1.29 is 14.6 Å². The van der Waals surface area contributed by atoms with E-state index < -0.39 is 5.97 Å². The second kappa shape index (κ2) is 4.26. The Morgan fingerprint density at radius 2 is 2.25 bits per heavy atom. The fraction of sp³-hybridized carbons (Fsp3) is 0.250. The summed E-state index contributed by atoms with van der Waals surface area (Å²) in [4.78, 5) is 10.5. The number of benzene rings is 1. The highest BCUT2D eigenvalue weighted by Crippen LogP contribution is 2.21. The van der Waals surface area contributed by atoms with E-state index in [1.54, 1.807) is 7.11 Å². The zero-order chi connectivity index (χ0) is 11.5. The normalized spacial score (nSPS) is 10.6. The smallest absolute Gasteiger partial charge is 0.305 e. The van der Waals surface area contributed by atoms with Crippen LogP contribution in [0, 0.1) is 0 Å². The van der Waals surface area contributed by atoms with Gasteiger partial charge in [-0.25, -0.2) is 0 Å². The molecule has 16 heavy (non-hydrogen) atoms. The number of carboxylic acid groups (broad SMARTS) is 1. The Balaban J connectivity index is 2.34. The van der Waals surface area contributed by atoms with Crippen molar-refractivity contribution in [2.45, 2.75) is 13.0 Å². The summed E-state index contributed by atoms with van der Waals surface area (Å²) in [6.07, 6.45) is 2.02. The van der Waals surface area contributed by atoms with E-state index >= 15 is 0 Å². The first kappa shape index (κ1) is 10.5. The second-order valence-corrected chi connectivity index (χ2v) is 3.58. The van der Waals surface area contributed by atoms with Crippen LogP contribution in [0.1, 0.15) is 6.42 Å². The average Bonchev–Trinajstić information content (AvgIpc) is 2.68. The number of ether oxygens (including phenoxy) is 1. The van der Waals surface area contributed by atoms with Crippen molar-refractivity contribution in [1.29, 1.82) is 0 Å². The lowest BCUT2D eigenvalue weighted by molar-refractivity contribution is -0.137. The molecule has 0 aliphatic carbocycles. The fourth-order valence-electron chi connectivity index (χ4n) is 1.70. The summed E-state index contributed by atoms with van der Waals surface area (Å²) in [5.41, 5.74) is 1.00. The van der Waals surface area contributed by atoms with Crippen molar-refractivity contribution >= 4 is 16.9 Å². The molecule has 0 saturated heterocycles. The molecule has 0 radical (unpaired) electrons. The first-order chi connectivity index (χ1) is 7.70. The fourth-order valence-corrected chi connectivity index (χ4v) is 1.70. The number of carbonyl (C=O) groups is 1. The van der Waals surface area contributed by atoms with Crippen molar-refractivity contribution in [2.24, 2.45) is 0 Å². The molecule has 0 spiro atoms. The van der Waals surface area contributed by atoms with Gasteiger partial charge in [-0.15, -0.1) is 0 Å². The SMILES string of the molecule is COc1ccc2ccn(CCC(=O)O)c2c1. The van der Waals surface area contributed by atoms with Gasteiger partial charge in [-0.05, 0) is 23.6 Å². The van der Waals surface area contributed by atoms with Crippen molar-refractivity contribution in [2.75, 3.05) is 7.11 Å². The Hall–Kier alpha value is -1.97. The highest BCUT2D eigenvalue weighted by molar-refractivity contribution is 5.81. The number of fused-ring (bicyclic) bond motifs is 1. The third kappa shape index (κ3) is 2.00. The number of rotatable bonds is 4. The minimum Gasteiger partial charge on any atom is -0.497 e. The maximum Gasteiger partial charge on any atom is 0.305 e. The quantitative estimate of drug-likeness (QED) is 0.856. The lowest BCUT2D eigenvalue weighted by atomic mass is 10.2. The maximum atomic E-state index is 10.5. The van der Waals surface area contributed by atoms with E-state index in [2.05, 4.69) is 0 Å². The molecule has 0 amide bonds. The van der Waals surface area contributed by atoms with Crippen LogP contribution in [0.5, 0.6) is 5.75 Å². The molecule has 4 heteroatoms. The molecule has 2 rings (SSSR count). The second-order valence-electron chi connectivity index (χ2n) is 3.58. The van der Waals surface area contributed by atoms with E-state index in [1.807, 2.05) is 35.0 Å². The van der Waals surface area contributed by atoms with Gasteiger partial charge in [0.1, 0.15) is 5.75 Å². The molecule has 0 fully saturated rings. The van der Waals surface area contributed by atoms with Crippen LogP contribution < -0.4 is 4.74 Å². The molecule has 0 unspecified atom stereocenters. The van der Waals surface area contributed by atoms with Gasteiger partial charge >= 0.3 is 5.97 Å². The molecular formula is C12H13NO3. The molecule has 0 aliphatic rings. The van der Waals surface area contributed by atoms with Gasteiger partial charge < -0.3 is 14.4 Å². The van der Waals surface area contributed by atoms with E-state index in [-0.39, 0.29) is 6.42 Å². The molecule has 1 aromatic heterocycles. The van der Waals surface area contributed by atoms with Gasteiger partial charge in [0.2, 0.25) is 0 Å². The molecule has 0 atom stereocenters. The number of aromatic nitrogens is 1. The monoisotopic (exact) mass is 219 g/mol. The number of nitrogens with zero attached hydrogens (tertiary/aromatic N) is 1. The Bertz CT molecular complexity index is 516. The van der Waals surface area contributed by atoms with Crippen molar-refractivity contribution in [3.05, 3.63) is 30.5 Å². The molecule has 2 aromatic rings. The van der Waals surface area contributed by atoms with Crippen LogP contribution >= 0.6 is 0 Å². The summed E-state index contributed by atoms with van der Waals surface area (Å²) in [6.45, 7) is 0.478. The predicted octanol–water partition coefficient (Wildman–Crippen LogP) is 2.12. The third-order valence-electron chi connectivity index (χ3n) is 2.55. The van der Waals surface area contributed by atoms with E-state index in [4.69, 9.17) is 9.84 Å². The largest absolute Gasteiger partial charge is 0.497 e. The Morgan fingerprint density at radius 3 is 2.94 bits per heavy atom. The molecule has 0 saturated carbocycles.